The molecule has 0 bridgehead atoms. The number of nitrogens with two attached hydrogens (primary N) is 1. The van der Waals surface area contributed by atoms with Crippen molar-refractivity contribution in [3.63, 3.8) is 0 Å². The van der Waals surface area contributed by atoms with Crippen molar-refractivity contribution in [3.05, 3.63) is 24.3 Å². The van der Waals surface area contributed by atoms with Gasteiger partial charge in [0.15, 0.2) is 11.5 Å². The van der Waals surface area contributed by atoms with E-state index in [1.165, 1.54) is 0 Å². The zero-order valence-corrected chi connectivity index (χ0v) is 27.5. The average Bonchev–Trinajstić information content (AvgIpc) is 2.99. The Balaban J connectivity index is 2.08. The molecule has 4 atom stereocenters. The molecule has 9 heteroatoms. The predicted molar refractivity (Wildman–Crippen MR) is 166 cm³/mol. The Hall–Kier alpha value is -1.46. The molecule has 9 nitrogen and oxygen atoms in total. The summed E-state index contributed by atoms with van der Waals surface area (Å²) in [5, 5.41) is 0. The summed E-state index contributed by atoms with van der Waals surface area (Å²) in [4.78, 5) is 0. The van der Waals surface area contributed by atoms with Crippen LogP contribution in [0.15, 0.2) is 24.3 Å². The number of benzene rings is 1. The third kappa shape index (κ3) is 13.0. The van der Waals surface area contributed by atoms with E-state index in [0.717, 1.165) is 19.3 Å². The van der Waals surface area contributed by atoms with Gasteiger partial charge in [-0.05, 0) is 45.2 Å². The van der Waals surface area contributed by atoms with Gasteiger partial charge in [-0.2, -0.15) is 0 Å². The molecule has 1 heterocycles. The van der Waals surface area contributed by atoms with Crippen LogP contribution in [0.5, 0.6) is 11.5 Å². The molecule has 0 aromatic heterocycles. The second-order valence-electron chi connectivity index (χ2n) is 12.7. The fraction of sp³-hybridized carbons (Fsp3) is 0.818. The Morgan fingerprint density at radius 2 is 1.02 bits per heavy atom. The van der Waals surface area contributed by atoms with E-state index in [9.17, 15) is 0 Å². The second-order valence-corrected chi connectivity index (χ2v) is 12.7. The van der Waals surface area contributed by atoms with Crippen LogP contribution in [0.4, 0.5) is 0 Å². The summed E-state index contributed by atoms with van der Waals surface area (Å²) in [6.45, 7) is 21.1. The van der Waals surface area contributed by atoms with E-state index in [1.54, 1.807) is 0 Å². The summed E-state index contributed by atoms with van der Waals surface area (Å²) in [5.74, 6) is 1.40. The largest absolute Gasteiger partial charge is 0.489 e. The van der Waals surface area contributed by atoms with Gasteiger partial charge in [0.1, 0.15) is 12.2 Å². The molecule has 0 amide bonds. The zero-order chi connectivity index (χ0) is 31.0. The first kappa shape index (κ1) is 36.7. The summed E-state index contributed by atoms with van der Waals surface area (Å²) in [7, 11) is 0. The van der Waals surface area contributed by atoms with E-state index < -0.39 is 11.2 Å². The maximum atomic E-state index is 6.49. The van der Waals surface area contributed by atoms with E-state index >= 15 is 0 Å². The SMILES string of the molecule is CCC1(C)COCCOCCOCC(C)(CC)OC(C)(CN)COCCOc2ccccc2OCC(C)(CC)COC1. The molecule has 1 aliphatic rings. The van der Waals surface area contributed by atoms with Crippen LogP contribution in [-0.4, -0.2) is 97.0 Å². The van der Waals surface area contributed by atoms with Crippen LogP contribution >= 0.6 is 0 Å². The normalized spacial score (nSPS) is 32.7. The van der Waals surface area contributed by atoms with Crippen molar-refractivity contribution in [1.29, 1.82) is 0 Å². The van der Waals surface area contributed by atoms with Crippen LogP contribution in [-0.2, 0) is 28.4 Å². The minimum atomic E-state index is -0.659. The van der Waals surface area contributed by atoms with Crippen LogP contribution < -0.4 is 15.2 Å². The smallest absolute Gasteiger partial charge is 0.161 e. The summed E-state index contributed by atoms with van der Waals surface area (Å²) in [5.41, 5.74) is 4.74. The van der Waals surface area contributed by atoms with Crippen LogP contribution in [0.3, 0.4) is 0 Å². The third-order valence-corrected chi connectivity index (χ3v) is 8.20. The van der Waals surface area contributed by atoms with Gasteiger partial charge < -0.3 is 43.6 Å². The molecule has 1 aliphatic heterocycles. The number of hydrogen-bond donors (Lipinski definition) is 1. The quantitative estimate of drug-likeness (QED) is 0.497. The molecule has 0 saturated heterocycles. The van der Waals surface area contributed by atoms with E-state index in [0.29, 0.717) is 97.3 Å². The minimum Gasteiger partial charge on any atom is -0.489 e. The van der Waals surface area contributed by atoms with Gasteiger partial charge in [0.2, 0.25) is 0 Å². The van der Waals surface area contributed by atoms with Crippen LogP contribution in [0, 0.1) is 10.8 Å². The van der Waals surface area contributed by atoms with Gasteiger partial charge in [-0.25, -0.2) is 0 Å². The van der Waals surface area contributed by atoms with E-state index in [-0.39, 0.29) is 10.8 Å². The standard InChI is InChI=1S/C33H59NO8/c1-8-30(4)22-36-17-15-35-16-18-37-26-32(6,10-3)42-33(7,21-34)27-38-19-20-40-28-13-11-12-14-29(28)41-25-31(5,9-2)24-39-23-30/h11-14H,8-10,15-27,34H2,1-7H3. The highest BCUT2D eigenvalue weighted by Crippen LogP contribution is 2.31. The molecule has 0 aliphatic carbocycles. The lowest BCUT2D eigenvalue weighted by Crippen LogP contribution is -2.50. The maximum Gasteiger partial charge on any atom is 0.161 e. The molecule has 244 valence electrons. The first-order valence-electron chi connectivity index (χ1n) is 15.7. The van der Waals surface area contributed by atoms with Crippen molar-refractivity contribution in [2.75, 3.05) is 85.8 Å². The van der Waals surface area contributed by atoms with Crippen LogP contribution in [0.1, 0.15) is 67.7 Å². The molecule has 2 rings (SSSR count). The molecule has 1 aromatic carbocycles. The second kappa shape index (κ2) is 18.4. The number of ether oxygens (including phenoxy) is 8. The molecule has 42 heavy (non-hydrogen) atoms. The fourth-order valence-electron chi connectivity index (χ4n) is 4.35. The minimum absolute atomic E-state index is 0.0747. The summed E-state index contributed by atoms with van der Waals surface area (Å²) in [6.07, 6.45) is 2.65. The van der Waals surface area contributed by atoms with Crippen LogP contribution in [0.25, 0.3) is 0 Å². The lowest BCUT2D eigenvalue weighted by Gasteiger charge is -2.39. The Morgan fingerprint density at radius 1 is 0.548 bits per heavy atom. The molecule has 1 aromatic rings. The molecule has 0 saturated carbocycles. The lowest BCUT2D eigenvalue weighted by molar-refractivity contribution is -0.187. The Morgan fingerprint density at radius 3 is 1.60 bits per heavy atom. The number of hydrogen-bond acceptors (Lipinski definition) is 9. The zero-order valence-electron chi connectivity index (χ0n) is 27.5. The Kier molecular flexibility index (Phi) is 16.1. The van der Waals surface area contributed by atoms with Gasteiger partial charge in [-0.1, -0.05) is 46.8 Å². The highest BCUT2D eigenvalue weighted by molar-refractivity contribution is 5.39. The summed E-state index contributed by atoms with van der Waals surface area (Å²) < 4.78 is 48.7. The van der Waals surface area contributed by atoms with Crippen molar-refractivity contribution in [2.24, 2.45) is 16.6 Å². The van der Waals surface area contributed by atoms with Gasteiger partial charge in [-0.15, -0.1) is 0 Å². The van der Waals surface area contributed by atoms with Crippen molar-refractivity contribution in [3.8, 4) is 11.5 Å². The predicted octanol–water partition coefficient (Wildman–Crippen LogP) is 5.28. The monoisotopic (exact) mass is 597 g/mol. The number of rotatable bonds is 4. The van der Waals surface area contributed by atoms with Crippen molar-refractivity contribution in [1.82, 2.24) is 0 Å². The summed E-state index contributed by atoms with van der Waals surface area (Å²) >= 11 is 0. The van der Waals surface area contributed by atoms with E-state index in [4.69, 9.17) is 43.6 Å². The van der Waals surface area contributed by atoms with Crippen molar-refractivity contribution >= 4 is 0 Å². The van der Waals surface area contributed by atoms with Gasteiger partial charge in [0, 0.05) is 17.4 Å². The van der Waals surface area contributed by atoms with Gasteiger partial charge in [0.05, 0.1) is 78.3 Å². The molecule has 4 unspecified atom stereocenters. The van der Waals surface area contributed by atoms with Crippen molar-refractivity contribution in [2.45, 2.75) is 78.9 Å². The van der Waals surface area contributed by atoms with Gasteiger partial charge in [0.25, 0.3) is 0 Å². The highest BCUT2D eigenvalue weighted by atomic mass is 16.6. The average molecular weight is 598 g/mol. The van der Waals surface area contributed by atoms with Crippen LogP contribution in [0.2, 0.25) is 0 Å². The summed E-state index contributed by atoms with van der Waals surface area (Å²) in [6, 6.07) is 7.75. The third-order valence-electron chi connectivity index (χ3n) is 8.20. The van der Waals surface area contributed by atoms with Gasteiger partial charge >= 0.3 is 0 Å². The first-order chi connectivity index (χ1) is 20.0. The molecule has 0 radical (unpaired) electrons. The number of para-hydroxylation sites is 2. The topological polar surface area (TPSA) is 99.9 Å². The highest BCUT2D eigenvalue weighted by Gasteiger charge is 2.35. The number of fused-ring (bicyclic) bond motifs is 1. The van der Waals surface area contributed by atoms with Crippen molar-refractivity contribution < 1.29 is 37.9 Å². The maximum absolute atomic E-state index is 6.49. The Labute approximate surface area is 255 Å². The van der Waals surface area contributed by atoms with Gasteiger partial charge in [-0.3, -0.25) is 0 Å². The fourth-order valence-corrected chi connectivity index (χ4v) is 4.35. The van der Waals surface area contributed by atoms with E-state index in [2.05, 4.69) is 34.6 Å². The molecule has 2 N–H and O–H groups in total. The molecular formula is C33H59NO8. The molecule has 0 spiro atoms. The molecule has 0 fully saturated rings. The Bertz CT molecular complexity index is 874. The first-order valence-corrected chi connectivity index (χ1v) is 15.7. The lowest BCUT2D eigenvalue weighted by atomic mass is 9.88. The van der Waals surface area contributed by atoms with E-state index in [1.807, 2.05) is 38.1 Å². The molecular weight excluding hydrogens is 538 g/mol.